The van der Waals surface area contributed by atoms with Crippen LogP contribution in [0.25, 0.3) is 15.4 Å². The maximum absolute atomic E-state index is 10.9. The van der Waals surface area contributed by atoms with E-state index in [1.165, 1.54) is 23.1 Å². The molecule has 2 aromatic rings. The van der Waals surface area contributed by atoms with Crippen LogP contribution in [-0.4, -0.2) is 27.9 Å². The van der Waals surface area contributed by atoms with E-state index in [9.17, 15) is 4.79 Å². The Morgan fingerprint density at radius 2 is 2.50 bits per heavy atom. The van der Waals surface area contributed by atoms with Crippen molar-refractivity contribution in [3.05, 3.63) is 29.7 Å². The minimum absolute atomic E-state index is 0.525. The number of hydrogen-bond acceptors (Lipinski definition) is 5. The summed E-state index contributed by atoms with van der Waals surface area (Å²) >= 11 is 3.02. The first-order chi connectivity index (χ1) is 8.66. The van der Waals surface area contributed by atoms with Crippen molar-refractivity contribution in [2.45, 2.75) is 6.04 Å². The van der Waals surface area contributed by atoms with Crippen LogP contribution in [-0.2, 0) is 4.79 Å². The Morgan fingerprint density at radius 1 is 1.67 bits per heavy atom. The third-order valence-corrected chi connectivity index (χ3v) is 5.03. The highest BCUT2D eigenvalue weighted by Gasteiger charge is 2.28. The predicted octanol–water partition coefficient (Wildman–Crippen LogP) is 0.0788. The molecule has 1 aliphatic rings. The first-order valence-electron chi connectivity index (χ1n) is 5.26. The number of fused-ring (bicyclic) bond motifs is 1. The lowest BCUT2D eigenvalue weighted by Gasteiger charge is -2.00. The van der Waals surface area contributed by atoms with Crippen molar-refractivity contribution >= 4 is 44.4 Å². The van der Waals surface area contributed by atoms with Crippen LogP contribution in [0.3, 0.4) is 0 Å². The van der Waals surface area contributed by atoms with Crippen LogP contribution in [0.5, 0.6) is 0 Å². The summed E-state index contributed by atoms with van der Waals surface area (Å²) < 4.78 is 2.71. The number of aromatic nitrogens is 2. The molecule has 1 unspecified atom stereocenters. The van der Waals surface area contributed by atoms with Gasteiger partial charge in [0, 0.05) is 18.0 Å². The molecule has 1 atom stereocenters. The molecule has 2 aromatic heterocycles. The molecular weight excluding hydrogens is 270 g/mol. The molecule has 0 aliphatic carbocycles. The van der Waals surface area contributed by atoms with E-state index in [0.717, 1.165) is 20.0 Å². The van der Waals surface area contributed by atoms with Gasteiger partial charge in [-0.3, -0.25) is 0 Å². The van der Waals surface area contributed by atoms with Crippen LogP contribution >= 0.6 is 23.1 Å². The number of thioether (sulfide) groups is 1. The van der Waals surface area contributed by atoms with E-state index < -0.39 is 12.0 Å². The number of carboxylic acid groups (broad SMARTS) is 1. The lowest BCUT2D eigenvalue weighted by molar-refractivity contribution is -0.477. The molecule has 0 aromatic carbocycles. The van der Waals surface area contributed by atoms with Gasteiger partial charge in [-0.05, 0) is 17.4 Å². The van der Waals surface area contributed by atoms with E-state index in [1.807, 2.05) is 12.1 Å². The third-order valence-electron chi connectivity index (χ3n) is 2.67. The number of carbonyl (C=O) groups is 1. The summed E-state index contributed by atoms with van der Waals surface area (Å²) in [6.07, 6.45) is 1.74. The molecule has 7 heteroatoms. The fourth-order valence-corrected chi connectivity index (χ4v) is 4.02. The van der Waals surface area contributed by atoms with E-state index in [2.05, 4.69) is 17.0 Å². The van der Waals surface area contributed by atoms with Gasteiger partial charge in [0.05, 0.1) is 0 Å². The van der Waals surface area contributed by atoms with Crippen molar-refractivity contribution in [1.29, 1.82) is 0 Å². The smallest absolute Gasteiger partial charge is 0.327 e. The van der Waals surface area contributed by atoms with Gasteiger partial charge in [0.15, 0.2) is 9.86 Å². The van der Waals surface area contributed by atoms with Crippen LogP contribution in [0.15, 0.2) is 18.3 Å². The number of hydrogen-bond donors (Lipinski definition) is 2. The molecule has 0 amide bonds. The molecule has 1 aliphatic heterocycles. The standard InChI is InChI=1S/C11H9N3O2S2/c1-14-7-3-2-4-12-8(7)18-10(14)9-13-6(5-17-9)11(15)16/h2-4,6,13H,1,5H2/p+1. The van der Waals surface area contributed by atoms with Gasteiger partial charge in [0.1, 0.15) is 12.8 Å². The Kier molecular flexibility index (Phi) is 2.71. The molecule has 92 valence electrons. The van der Waals surface area contributed by atoms with Gasteiger partial charge >= 0.3 is 5.97 Å². The van der Waals surface area contributed by atoms with Gasteiger partial charge in [0.2, 0.25) is 5.52 Å². The zero-order valence-corrected chi connectivity index (χ0v) is 10.9. The normalized spacial score (nSPS) is 22.1. The summed E-state index contributed by atoms with van der Waals surface area (Å²) in [6, 6.07) is 3.29. The molecule has 0 spiro atoms. The first kappa shape index (κ1) is 11.5. The molecule has 2 N–H and O–H groups in total. The number of aliphatic carboxylic acids is 1. The Hall–Kier alpha value is -1.60. The Morgan fingerprint density at radius 3 is 3.17 bits per heavy atom. The molecule has 1 fully saturated rings. The largest absolute Gasteiger partial charge is 0.480 e. The maximum Gasteiger partial charge on any atom is 0.327 e. The molecule has 5 nitrogen and oxygen atoms in total. The van der Waals surface area contributed by atoms with Crippen molar-refractivity contribution in [2.75, 3.05) is 5.75 Å². The van der Waals surface area contributed by atoms with Gasteiger partial charge in [0.25, 0.3) is 4.66 Å². The van der Waals surface area contributed by atoms with E-state index in [-0.39, 0.29) is 0 Å². The maximum atomic E-state index is 10.9. The molecule has 1 saturated heterocycles. The van der Waals surface area contributed by atoms with E-state index >= 15 is 0 Å². The van der Waals surface area contributed by atoms with Gasteiger partial charge in [-0.2, -0.15) is 4.24 Å². The van der Waals surface area contributed by atoms with Crippen LogP contribution in [0.2, 0.25) is 0 Å². The Labute approximate surface area is 111 Å². The van der Waals surface area contributed by atoms with Crippen molar-refractivity contribution < 1.29 is 14.1 Å². The average Bonchev–Trinajstić information content (AvgIpc) is 2.95. The number of thiazole rings is 1. The number of rotatable bonds is 1. The molecule has 0 radical (unpaired) electrons. The van der Waals surface area contributed by atoms with Gasteiger partial charge in [-0.15, -0.1) is 0 Å². The van der Waals surface area contributed by atoms with E-state index in [4.69, 9.17) is 5.11 Å². The second-order valence-corrected chi connectivity index (χ2v) is 5.85. The topological polar surface area (TPSA) is 68.1 Å². The van der Waals surface area contributed by atoms with Crippen molar-refractivity contribution in [2.24, 2.45) is 0 Å². The summed E-state index contributed by atoms with van der Waals surface area (Å²) in [5.74, 6) is -0.292. The van der Waals surface area contributed by atoms with Gasteiger partial charge < -0.3 is 10.4 Å². The highest BCUT2D eigenvalue weighted by molar-refractivity contribution is 8.08. The van der Waals surface area contributed by atoms with E-state index in [1.54, 1.807) is 10.4 Å². The molecule has 0 bridgehead atoms. The number of carboxylic acids is 1. The predicted molar refractivity (Wildman–Crippen MR) is 70.6 cm³/mol. The van der Waals surface area contributed by atoms with Crippen molar-refractivity contribution in [3.63, 3.8) is 0 Å². The van der Waals surface area contributed by atoms with Crippen LogP contribution in [0, 0.1) is 6.72 Å². The molecule has 18 heavy (non-hydrogen) atoms. The van der Waals surface area contributed by atoms with Crippen LogP contribution in [0.4, 0.5) is 0 Å². The van der Waals surface area contributed by atoms with Crippen LogP contribution in [0.1, 0.15) is 0 Å². The van der Waals surface area contributed by atoms with E-state index in [0.29, 0.717) is 5.75 Å². The third kappa shape index (κ3) is 1.75. The summed E-state index contributed by atoms with van der Waals surface area (Å²) in [6.45, 7) is 3.99. The Bertz CT molecular complexity index is 740. The first-order valence-corrected chi connectivity index (χ1v) is 7.07. The highest BCUT2D eigenvalue weighted by atomic mass is 32.2. The summed E-state index contributed by atoms with van der Waals surface area (Å²) in [5, 5.41) is 12.8. The monoisotopic (exact) mass is 280 g/mol. The summed E-state index contributed by atoms with van der Waals surface area (Å²) in [5.41, 5.74) is 0.950. The fourth-order valence-electron chi connectivity index (χ4n) is 1.76. The van der Waals surface area contributed by atoms with Gasteiger partial charge in [-0.25, -0.2) is 9.78 Å². The highest BCUT2D eigenvalue weighted by Crippen LogP contribution is 2.23. The van der Waals surface area contributed by atoms with Crippen LogP contribution < -0.4 is 14.2 Å². The molecule has 3 heterocycles. The number of nitrogens with one attached hydrogen (secondary N) is 1. The summed E-state index contributed by atoms with van der Waals surface area (Å²) in [7, 11) is 0. The lowest BCUT2D eigenvalue weighted by Crippen LogP contribution is -2.37. The molecular formula is C11H10N3O2S2+. The number of pyridine rings is 1. The second-order valence-electron chi connectivity index (χ2n) is 3.84. The van der Waals surface area contributed by atoms with Crippen molar-refractivity contribution in [1.82, 2.24) is 10.3 Å². The molecule has 0 saturated carbocycles. The zero-order chi connectivity index (χ0) is 12.7. The fraction of sp³-hybridized carbons (Fsp3) is 0.182. The zero-order valence-electron chi connectivity index (χ0n) is 9.29. The quantitative estimate of drug-likeness (QED) is 0.724. The molecule has 3 rings (SSSR count). The SMILES string of the molecule is C=[n+]1c(=C2NC(C(=O)O)CS2)sc2ncccc21. The lowest BCUT2D eigenvalue weighted by atomic mass is 10.3. The average molecular weight is 280 g/mol. The minimum Gasteiger partial charge on any atom is -0.480 e. The minimum atomic E-state index is -0.827. The second kappa shape index (κ2) is 4.25. The summed E-state index contributed by atoms with van der Waals surface area (Å²) in [4.78, 5) is 16.1. The van der Waals surface area contributed by atoms with Gasteiger partial charge in [-0.1, -0.05) is 11.8 Å². The number of nitrogens with zero attached hydrogens (tertiary/aromatic N) is 2. The van der Waals surface area contributed by atoms with Crippen molar-refractivity contribution in [3.8, 4) is 0 Å². The Balaban J connectivity index is 2.18.